The highest BCUT2D eigenvalue weighted by Crippen LogP contribution is 2.32. The Kier molecular flexibility index (Phi) is 7.43. The predicted octanol–water partition coefficient (Wildman–Crippen LogP) is 6.14. The van der Waals surface area contributed by atoms with Crippen LogP contribution in [0.15, 0.2) is 82.1 Å². The van der Waals surface area contributed by atoms with E-state index in [1.807, 2.05) is 30.3 Å². The Balaban J connectivity index is 1.43. The molecule has 0 aliphatic carbocycles. The number of aromatic amines is 1. The maximum atomic E-state index is 13.8. The highest BCUT2D eigenvalue weighted by molar-refractivity contribution is 9.10. The van der Waals surface area contributed by atoms with Crippen molar-refractivity contribution < 1.29 is 22.8 Å². The van der Waals surface area contributed by atoms with Crippen LogP contribution in [0.3, 0.4) is 0 Å². The molecule has 13 heteroatoms. The van der Waals surface area contributed by atoms with Gasteiger partial charge in [-0.15, -0.1) is 0 Å². The minimum atomic E-state index is -4.58. The fraction of sp³-hybridized carbons (Fsp3) is 0.167. The average Bonchev–Trinajstić information content (AvgIpc) is 3.56. The second-order valence-corrected chi connectivity index (χ2v) is 11.3. The van der Waals surface area contributed by atoms with Gasteiger partial charge in [0, 0.05) is 40.6 Å². The molecule has 0 fully saturated rings. The maximum absolute atomic E-state index is 13.8. The lowest BCUT2D eigenvalue weighted by atomic mass is 10.1. The standard InChI is InChI=1S/C30H22BrClF3N5O3/c31-21-8-6-18(13-22(21)32)28(42)38-10-11-39-24(16-38)26(27(41)36-15-17-4-2-1-3-5-17)40(29(39)43)20-7-9-23-19(12-20)14-25(37-23)30(33,34)35/h1-9,12-14,37H,10-11,15-16H2,(H,36,41). The van der Waals surface area contributed by atoms with E-state index in [0.29, 0.717) is 20.8 Å². The van der Waals surface area contributed by atoms with Crippen LogP contribution in [0.4, 0.5) is 13.2 Å². The lowest BCUT2D eigenvalue weighted by Crippen LogP contribution is -2.41. The van der Waals surface area contributed by atoms with Gasteiger partial charge in [-0.1, -0.05) is 41.9 Å². The van der Waals surface area contributed by atoms with Gasteiger partial charge in [-0.05, 0) is 64.0 Å². The van der Waals surface area contributed by atoms with Gasteiger partial charge < -0.3 is 15.2 Å². The summed E-state index contributed by atoms with van der Waals surface area (Å²) >= 11 is 9.52. The van der Waals surface area contributed by atoms with Crippen molar-refractivity contribution in [3.8, 4) is 5.69 Å². The van der Waals surface area contributed by atoms with Gasteiger partial charge >= 0.3 is 11.9 Å². The topological polar surface area (TPSA) is 92.1 Å². The van der Waals surface area contributed by atoms with Gasteiger partial charge in [0.1, 0.15) is 11.4 Å². The van der Waals surface area contributed by atoms with Crippen molar-refractivity contribution in [1.82, 2.24) is 24.3 Å². The number of halogens is 5. The fourth-order valence-electron chi connectivity index (χ4n) is 5.19. The van der Waals surface area contributed by atoms with Gasteiger partial charge in [-0.2, -0.15) is 13.2 Å². The van der Waals surface area contributed by atoms with Gasteiger partial charge in [-0.3, -0.25) is 18.7 Å². The van der Waals surface area contributed by atoms with Crippen LogP contribution in [0.2, 0.25) is 5.02 Å². The van der Waals surface area contributed by atoms with Crippen molar-refractivity contribution in [3.05, 3.63) is 121 Å². The summed E-state index contributed by atoms with van der Waals surface area (Å²) in [6.07, 6.45) is -4.58. The van der Waals surface area contributed by atoms with Crippen LogP contribution >= 0.6 is 27.5 Å². The summed E-state index contributed by atoms with van der Waals surface area (Å²) in [6, 6.07) is 19.3. The Morgan fingerprint density at radius 1 is 1.00 bits per heavy atom. The third-order valence-corrected chi connectivity index (χ3v) is 8.54. The second kappa shape index (κ2) is 11.1. The number of carbonyl (C=O) groups excluding carboxylic acids is 2. The van der Waals surface area contributed by atoms with Crippen LogP contribution in [0.1, 0.15) is 37.8 Å². The molecule has 5 aromatic rings. The quantitative estimate of drug-likeness (QED) is 0.235. The number of aromatic nitrogens is 3. The van der Waals surface area contributed by atoms with Crippen LogP contribution < -0.4 is 11.0 Å². The molecule has 0 bridgehead atoms. The molecule has 220 valence electrons. The summed E-state index contributed by atoms with van der Waals surface area (Å²) in [5, 5.41) is 3.43. The van der Waals surface area contributed by atoms with Gasteiger partial charge in [-0.25, -0.2) is 4.79 Å². The molecule has 0 radical (unpaired) electrons. The SMILES string of the molecule is O=C(NCc1ccccc1)c1c2n(c(=O)n1-c1ccc3[nH]c(C(F)(F)F)cc3c1)CCN(C(=O)c1ccc(Br)c(Cl)c1)C2. The lowest BCUT2D eigenvalue weighted by Gasteiger charge is -2.28. The Hall–Kier alpha value is -4.29. The minimum absolute atomic E-state index is 0.00167. The Labute approximate surface area is 255 Å². The molecule has 3 aromatic carbocycles. The first-order valence-corrected chi connectivity index (χ1v) is 14.3. The molecule has 2 N–H and O–H groups in total. The average molecular weight is 673 g/mol. The highest BCUT2D eigenvalue weighted by atomic mass is 79.9. The normalized spacial score (nSPS) is 13.3. The molecule has 1 aliphatic rings. The zero-order valence-electron chi connectivity index (χ0n) is 22.2. The van der Waals surface area contributed by atoms with Gasteiger partial charge in [0.05, 0.1) is 22.9 Å². The summed E-state index contributed by atoms with van der Waals surface area (Å²) in [5.41, 5.74) is 0.465. The van der Waals surface area contributed by atoms with Gasteiger partial charge in [0.25, 0.3) is 11.8 Å². The number of carbonyl (C=O) groups is 2. The first kappa shape index (κ1) is 28.8. The summed E-state index contributed by atoms with van der Waals surface area (Å²) in [5.74, 6) is -0.897. The van der Waals surface area contributed by atoms with E-state index in [4.69, 9.17) is 11.6 Å². The number of hydrogen-bond donors (Lipinski definition) is 2. The van der Waals surface area contributed by atoms with E-state index < -0.39 is 23.5 Å². The fourth-order valence-corrected chi connectivity index (χ4v) is 5.62. The number of imidazole rings is 1. The van der Waals surface area contributed by atoms with E-state index in [2.05, 4.69) is 26.2 Å². The zero-order chi connectivity index (χ0) is 30.5. The van der Waals surface area contributed by atoms with Crippen LogP contribution in [-0.2, 0) is 25.8 Å². The number of alkyl halides is 3. The molecule has 2 amide bonds. The summed E-state index contributed by atoms with van der Waals surface area (Å²) in [7, 11) is 0. The van der Waals surface area contributed by atoms with E-state index in [9.17, 15) is 27.6 Å². The Morgan fingerprint density at radius 3 is 2.49 bits per heavy atom. The van der Waals surface area contributed by atoms with E-state index in [1.54, 1.807) is 12.1 Å². The number of nitrogens with one attached hydrogen (secondary N) is 2. The molecule has 0 saturated heterocycles. The van der Waals surface area contributed by atoms with E-state index >= 15 is 0 Å². The maximum Gasteiger partial charge on any atom is 0.431 e. The Morgan fingerprint density at radius 2 is 1.77 bits per heavy atom. The molecule has 0 spiro atoms. The van der Waals surface area contributed by atoms with Crippen molar-refractivity contribution >= 4 is 50.2 Å². The van der Waals surface area contributed by atoms with Crippen LogP contribution in [0.25, 0.3) is 16.6 Å². The molecule has 3 heterocycles. The molecular weight excluding hydrogens is 651 g/mol. The molecule has 43 heavy (non-hydrogen) atoms. The number of nitrogens with zero attached hydrogens (tertiary/aromatic N) is 3. The lowest BCUT2D eigenvalue weighted by molar-refractivity contribution is -0.140. The van der Waals surface area contributed by atoms with E-state index in [-0.39, 0.29) is 54.4 Å². The number of H-pyrrole nitrogens is 1. The number of rotatable bonds is 5. The molecule has 0 saturated carbocycles. The summed E-state index contributed by atoms with van der Waals surface area (Å²) in [4.78, 5) is 44.8. The molecule has 1 aliphatic heterocycles. The predicted molar refractivity (Wildman–Crippen MR) is 158 cm³/mol. The molecule has 2 aromatic heterocycles. The van der Waals surface area contributed by atoms with Crippen molar-refractivity contribution in [2.75, 3.05) is 6.54 Å². The van der Waals surface area contributed by atoms with Crippen molar-refractivity contribution in [1.29, 1.82) is 0 Å². The molecule has 0 unspecified atom stereocenters. The molecular formula is C30H22BrClF3N5O3. The third kappa shape index (κ3) is 5.48. The van der Waals surface area contributed by atoms with Gasteiger partial charge in [0.2, 0.25) is 0 Å². The number of fused-ring (bicyclic) bond motifs is 2. The van der Waals surface area contributed by atoms with Crippen molar-refractivity contribution in [3.63, 3.8) is 0 Å². The zero-order valence-corrected chi connectivity index (χ0v) is 24.6. The van der Waals surface area contributed by atoms with Crippen molar-refractivity contribution in [2.45, 2.75) is 25.8 Å². The first-order chi connectivity index (χ1) is 20.5. The van der Waals surface area contributed by atoms with E-state index in [0.717, 1.165) is 11.6 Å². The summed E-state index contributed by atoms with van der Waals surface area (Å²) in [6.45, 7) is 0.429. The Bertz CT molecular complexity index is 1950. The monoisotopic (exact) mass is 671 g/mol. The summed E-state index contributed by atoms with van der Waals surface area (Å²) < 4.78 is 43.3. The highest BCUT2D eigenvalue weighted by Gasteiger charge is 2.34. The van der Waals surface area contributed by atoms with Gasteiger partial charge in [0.15, 0.2) is 0 Å². The smallest absolute Gasteiger partial charge is 0.351 e. The van der Waals surface area contributed by atoms with Crippen LogP contribution in [0, 0.1) is 0 Å². The second-order valence-electron chi connectivity index (χ2n) is 10.0. The van der Waals surface area contributed by atoms with Crippen LogP contribution in [0.5, 0.6) is 0 Å². The molecule has 8 nitrogen and oxygen atoms in total. The molecule has 6 rings (SSSR count). The van der Waals surface area contributed by atoms with Crippen molar-refractivity contribution in [2.24, 2.45) is 0 Å². The number of amides is 2. The van der Waals surface area contributed by atoms with E-state index in [1.165, 1.54) is 38.3 Å². The molecule has 0 atom stereocenters. The first-order valence-electron chi connectivity index (χ1n) is 13.1. The minimum Gasteiger partial charge on any atom is -0.351 e. The third-order valence-electron chi connectivity index (χ3n) is 7.31. The number of benzene rings is 3. The van der Waals surface area contributed by atoms with Crippen LogP contribution in [-0.4, -0.2) is 37.4 Å². The number of hydrogen-bond acceptors (Lipinski definition) is 3. The largest absolute Gasteiger partial charge is 0.431 e.